The summed E-state index contributed by atoms with van der Waals surface area (Å²) >= 11 is 0. The van der Waals surface area contributed by atoms with Crippen molar-refractivity contribution in [3.63, 3.8) is 0 Å². The van der Waals surface area contributed by atoms with Gasteiger partial charge in [0.05, 0.1) is 11.7 Å². The van der Waals surface area contributed by atoms with Crippen LogP contribution in [0, 0.1) is 0 Å². The van der Waals surface area contributed by atoms with Gasteiger partial charge >= 0.3 is 0 Å². The molecule has 2 fully saturated rings. The van der Waals surface area contributed by atoms with Gasteiger partial charge in [-0.1, -0.05) is 26.2 Å². The average molecular weight is 225 g/mol. The third-order valence-corrected chi connectivity index (χ3v) is 4.61. The molecule has 16 heavy (non-hydrogen) atoms. The molecule has 0 bridgehead atoms. The Balaban J connectivity index is 1.87. The van der Waals surface area contributed by atoms with E-state index in [2.05, 4.69) is 13.8 Å². The van der Waals surface area contributed by atoms with E-state index in [0.717, 1.165) is 12.8 Å². The van der Waals surface area contributed by atoms with Gasteiger partial charge in [0, 0.05) is 5.54 Å². The Labute approximate surface area is 99.9 Å². The van der Waals surface area contributed by atoms with Crippen LogP contribution in [0.1, 0.15) is 71.6 Å². The molecule has 2 unspecified atom stereocenters. The summed E-state index contributed by atoms with van der Waals surface area (Å²) in [5.41, 5.74) is 6.45. The van der Waals surface area contributed by atoms with Gasteiger partial charge in [0.25, 0.3) is 0 Å². The number of hydrogen-bond donors (Lipinski definition) is 1. The highest BCUT2D eigenvalue weighted by atomic mass is 16.5. The number of ether oxygens (including phenoxy) is 1. The zero-order valence-electron chi connectivity index (χ0n) is 10.9. The van der Waals surface area contributed by atoms with Crippen molar-refractivity contribution in [1.82, 2.24) is 0 Å². The van der Waals surface area contributed by atoms with E-state index in [1.807, 2.05) is 0 Å². The monoisotopic (exact) mass is 225 g/mol. The standard InChI is InChI=1S/C14H27NO/c1-3-13(2,15)11-12-7-10-14(16-12)8-5-4-6-9-14/h12H,3-11,15H2,1-2H3. The second kappa shape index (κ2) is 4.66. The summed E-state index contributed by atoms with van der Waals surface area (Å²) in [7, 11) is 0. The molecule has 0 radical (unpaired) electrons. The first-order valence-corrected chi connectivity index (χ1v) is 7.02. The first-order chi connectivity index (χ1) is 7.55. The van der Waals surface area contributed by atoms with Gasteiger partial charge in [-0.05, 0) is 45.4 Å². The van der Waals surface area contributed by atoms with E-state index in [0.29, 0.717) is 6.10 Å². The molecule has 0 aromatic rings. The molecule has 2 nitrogen and oxygen atoms in total. The van der Waals surface area contributed by atoms with Crippen molar-refractivity contribution in [2.75, 3.05) is 0 Å². The lowest BCUT2D eigenvalue weighted by Gasteiger charge is -2.34. The highest BCUT2D eigenvalue weighted by Gasteiger charge is 2.41. The van der Waals surface area contributed by atoms with Crippen LogP contribution in [0.15, 0.2) is 0 Å². The summed E-state index contributed by atoms with van der Waals surface area (Å²) in [6, 6.07) is 0. The van der Waals surface area contributed by atoms with Crippen molar-refractivity contribution in [2.45, 2.75) is 88.9 Å². The number of rotatable bonds is 3. The van der Waals surface area contributed by atoms with Gasteiger partial charge in [-0.2, -0.15) is 0 Å². The van der Waals surface area contributed by atoms with Crippen LogP contribution in [-0.4, -0.2) is 17.2 Å². The molecular weight excluding hydrogens is 198 g/mol. The Kier molecular flexibility index (Phi) is 3.60. The highest BCUT2D eigenvalue weighted by Crippen LogP contribution is 2.43. The SMILES string of the molecule is CCC(C)(N)CC1CCC2(CCCCC2)O1. The molecule has 2 aliphatic rings. The molecule has 0 amide bonds. The lowest BCUT2D eigenvalue weighted by molar-refractivity contribution is -0.0707. The van der Waals surface area contributed by atoms with E-state index in [1.165, 1.54) is 44.9 Å². The molecule has 1 aliphatic carbocycles. The predicted molar refractivity (Wildman–Crippen MR) is 67.4 cm³/mol. The van der Waals surface area contributed by atoms with Crippen molar-refractivity contribution in [3.8, 4) is 0 Å². The highest BCUT2D eigenvalue weighted by molar-refractivity contribution is 4.93. The molecule has 1 saturated heterocycles. The maximum absolute atomic E-state index is 6.35. The Morgan fingerprint density at radius 3 is 2.56 bits per heavy atom. The smallest absolute Gasteiger partial charge is 0.0687 e. The molecule has 2 atom stereocenters. The normalized spacial score (nSPS) is 32.8. The molecule has 2 rings (SSSR count). The van der Waals surface area contributed by atoms with Crippen LogP contribution in [0.25, 0.3) is 0 Å². The van der Waals surface area contributed by atoms with Crippen molar-refractivity contribution in [1.29, 1.82) is 0 Å². The minimum absolute atomic E-state index is 0.0368. The van der Waals surface area contributed by atoms with Crippen molar-refractivity contribution in [3.05, 3.63) is 0 Å². The summed E-state index contributed by atoms with van der Waals surface area (Å²) in [4.78, 5) is 0. The first kappa shape index (κ1) is 12.4. The van der Waals surface area contributed by atoms with Crippen molar-refractivity contribution < 1.29 is 4.74 Å². The van der Waals surface area contributed by atoms with Crippen molar-refractivity contribution in [2.24, 2.45) is 5.73 Å². The van der Waals surface area contributed by atoms with Crippen molar-refractivity contribution >= 4 is 0 Å². The van der Waals surface area contributed by atoms with E-state index in [9.17, 15) is 0 Å². The first-order valence-electron chi connectivity index (χ1n) is 7.02. The van der Waals surface area contributed by atoms with E-state index in [-0.39, 0.29) is 11.1 Å². The molecule has 2 N–H and O–H groups in total. The average Bonchev–Trinajstić information content (AvgIpc) is 2.62. The van der Waals surface area contributed by atoms with Crippen LogP contribution in [0.3, 0.4) is 0 Å². The second-order valence-electron chi connectivity index (χ2n) is 6.23. The fraction of sp³-hybridized carbons (Fsp3) is 1.00. The van der Waals surface area contributed by atoms with Crippen LogP contribution in [0.5, 0.6) is 0 Å². The lowest BCUT2D eigenvalue weighted by atomic mass is 9.83. The summed E-state index contributed by atoms with van der Waals surface area (Å²) in [6.45, 7) is 4.33. The maximum Gasteiger partial charge on any atom is 0.0687 e. The van der Waals surface area contributed by atoms with Crippen LogP contribution >= 0.6 is 0 Å². The van der Waals surface area contributed by atoms with Gasteiger partial charge < -0.3 is 10.5 Å². The number of nitrogens with two attached hydrogens (primary N) is 1. The maximum atomic E-state index is 6.35. The molecule has 1 aliphatic heterocycles. The quantitative estimate of drug-likeness (QED) is 0.799. The molecule has 0 aromatic heterocycles. The van der Waals surface area contributed by atoms with Crippen LogP contribution in [0.4, 0.5) is 0 Å². The Bertz CT molecular complexity index is 231. The summed E-state index contributed by atoms with van der Waals surface area (Å²) in [5.74, 6) is 0. The topological polar surface area (TPSA) is 35.2 Å². The zero-order chi connectivity index (χ0) is 11.6. The third-order valence-electron chi connectivity index (χ3n) is 4.61. The predicted octanol–water partition coefficient (Wildman–Crippen LogP) is 3.39. The van der Waals surface area contributed by atoms with Gasteiger partial charge in [0.1, 0.15) is 0 Å². The van der Waals surface area contributed by atoms with Gasteiger partial charge in [0.2, 0.25) is 0 Å². The molecule has 1 heterocycles. The largest absolute Gasteiger partial charge is 0.372 e. The van der Waals surface area contributed by atoms with E-state index < -0.39 is 0 Å². The third kappa shape index (κ3) is 2.78. The molecule has 1 saturated carbocycles. The summed E-state index contributed by atoms with van der Waals surface area (Å²) in [5, 5.41) is 0. The Morgan fingerprint density at radius 1 is 1.25 bits per heavy atom. The molecule has 1 spiro atoms. The lowest BCUT2D eigenvalue weighted by Crippen LogP contribution is -2.40. The van der Waals surface area contributed by atoms with Gasteiger partial charge in [-0.3, -0.25) is 0 Å². The Morgan fingerprint density at radius 2 is 1.94 bits per heavy atom. The van der Waals surface area contributed by atoms with Crippen LogP contribution in [0.2, 0.25) is 0 Å². The van der Waals surface area contributed by atoms with E-state index >= 15 is 0 Å². The molecular formula is C14H27NO. The van der Waals surface area contributed by atoms with E-state index in [4.69, 9.17) is 10.5 Å². The van der Waals surface area contributed by atoms with Gasteiger partial charge in [0.15, 0.2) is 0 Å². The van der Waals surface area contributed by atoms with Gasteiger partial charge in [-0.15, -0.1) is 0 Å². The fourth-order valence-corrected chi connectivity index (χ4v) is 3.27. The van der Waals surface area contributed by atoms with Crippen LogP contribution in [-0.2, 0) is 4.74 Å². The van der Waals surface area contributed by atoms with E-state index in [1.54, 1.807) is 0 Å². The summed E-state index contributed by atoms with van der Waals surface area (Å²) in [6.07, 6.45) is 11.7. The minimum atomic E-state index is -0.0368. The molecule has 0 aromatic carbocycles. The fourth-order valence-electron chi connectivity index (χ4n) is 3.27. The van der Waals surface area contributed by atoms with Crippen LogP contribution < -0.4 is 5.73 Å². The summed E-state index contributed by atoms with van der Waals surface area (Å²) < 4.78 is 6.35. The number of hydrogen-bond acceptors (Lipinski definition) is 2. The minimum Gasteiger partial charge on any atom is -0.372 e. The molecule has 2 heteroatoms. The molecule has 94 valence electrons. The second-order valence-corrected chi connectivity index (χ2v) is 6.23. The zero-order valence-corrected chi connectivity index (χ0v) is 10.9. The Hall–Kier alpha value is -0.0800. The van der Waals surface area contributed by atoms with Gasteiger partial charge in [-0.25, -0.2) is 0 Å².